The first-order chi connectivity index (χ1) is 10.1. The molecule has 0 amide bonds. The summed E-state index contributed by atoms with van der Waals surface area (Å²) >= 11 is 1.55. The zero-order valence-electron chi connectivity index (χ0n) is 12.2. The number of hydrogen-bond acceptors (Lipinski definition) is 2. The molecule has 1 N–H and O–H groups in total. The van der Waals surface area contributed by atoms with Crippen molar-refractivity contribution in [1.29, 1.82) is 0 Å². The van der Waals surface area contributed by atoms with Crippen LogP contribution in [0.5, 0.6) is 0 Å². The van der Waals surface area contributed by atoms with Crippen molar-refractivity contribution in [2.75, 3.05) is 0 Å². The highest BCUT2D eigenvalue weighted by atomic mass is 32.2. The van der Waals surface area contributed by atoms with E-state index in [1.807, 2.05) is 43.3 Å². The molecule has 0 fully saturated rings. The molecule has 0 saturated heterocycles. The third-order valence-electron chi connectivity index (χ3n) is 3.27. The summed E-state index contributed by atoms with van der Waals surface area (Å²) < 4.78 is 0. The molecule has 2 aromatic carbocycles. The fraction of sp³-hybridized carbons (Fsp3) is 0.167. The predicted molar refractivity (Wildman–Crippen MR) is 88.4 cm³/mol. The summed E-state index contributed by atoms with van der Waals surface area (Å²) in [5.41, 5.74) is 2.70. The molecule has 0 radical (unpaired) electrons. The maximum absolute atomic E-state index is 11.2. The van der Waals surface area contributed by atoms with Gasteiger partial charge >= 0.3 is 5.97 Å². The molecule has 0 bridgehead atoms. The SMILES string of the molecule is CC/C(Sc1ccccc1-c1ccccc1)=C(/C)C(=O)O. The molecule has 0 aromatic heterocycles. The summed E-state index contributed by atoms with van der Waals surface area (Å²) in [6.07, 6.45) is 0.714. The minimum atomic E-state index is -0.850. The Bertz CT molecular complexity index is 660. The summed E-state index contributed by atoms with van der Waals surface area (Å²) in [4.78, 5) is 13.2. The van der Waals surface area contributed by atoms with Gasteiger partial charge in [0.05, 0.1) is 0 Å². The number of benzene rings is 2. The van der Waals surface area contributed by atoms with Gasteiger partial charge in [0.25, 0.3) is 0 Å². The largest absolute Gasteiger partial charge is 0.478 e. The van der Waals surface area contributed by atoms with Crippen molar-refractivity contribution in [2.24, 2.45) is 0 Å². The summed E-state index contributed by atoms with van der Waals surface area (Å²) in [5.74, 6) is -0.850. The third kappa shape index (κ3) is 3.76. The van der Waals surface area contributed by atoms with Gasteiger partial charge in [-0.15, -0.1) is 0 Å². The van der Waals surface area contributed by atoms with Crippen LogP contribution in [0.15, 0.2) is 70.0 Å². The van der Waals surface area contributed by atoms with E-state index < -0.39 is 5.97 Å². The quantitative estimate of drug-likeness (QED) is 0.608. The van der Waals surface area contributed by atoms with Gasteiger partial charge < -0.3 is 5.11 Å². The maximum atomic E-state index is 11.2. The average Bonchev–Trinajstić information content (AvgIpc) is 2.53. The summed E-state index contributed by atoms with van der Waals surface area (Å²) in [7, 11) is 0. The molecule has 2 aromatic rings. The number of allylic oxidation sites excluding steroid dienone is 1. The molecular formula is C18H18O2S. The minimum absolute atomic E-state index is 0.422. The highest BCUT2D eigenvalue weighted by Gasteiger charge is 2.12. The van der Waals surface area contributed by atoms with E-state index in [0.717, 1.165) is 20.9 Å². The summed E-state index contributed by atoms with van der Waals surface area (Å²) in [6, 6.07) is 18.2. The van der Waals surface area contributed by atoms with Crippen LogP contribution in [0.3, 0.4) is 0 Å². The van der Waals surface area contributed by atoms with E-state index in [4.69, 9.17) is 0 Å². The van der Waals surface area contributed by atoms with E-state index in [-0.39, 0.29) is 0 Å². The van der Waals surface area contributed by atoms with Gasteiger partial charge in [0.1, 0.15) is 0 Å². The lowest BCUT2D eigenvalue weighted by Crippen LogP contribution is -1.99. The normalized spacial score (nSPS) is 11.9. The molecule has 3 heteroatoms. The molecule has 0 aliphatic carbocycles. The highest BCUT2D eigenvalue weighted by molar-refractivity contribution is 8.03. The van der Waals surface area contributed by atoms with Crippen molar-refractivity contribution in [2.45, 2.75) is 25.2 Å². The number of carboxylic acid groups (broad SMARTS) is 1. The number of carbonyl (C=O) groups is 1. The zero-order chi connectivity index (χ0) is 15.2. The molecule has 0 unspecified atom stereocenters. The van der Waals surface area contributed by atoms with Crippen molar-refractivity contribution in [3.05, 3.63) is 65.1 Å². The van der Waals surface area contributed by atoms with Gasteiger partial charge in [0.15, 0.2) is 0 Å². The summed E-state index contributed by atoms with van der Waals surface area (Å²) in [5, 5.41) is 9.18. The van der Waals surface area contributed by atoms with E-state index in [1.54, 1.807) is 18.7 Å². The van der Waals surface area contributed by atoms with E-state index in [0.29, 0.717) is 12.0 Å². The Kier molecular flexibility index (Phi) is 5.23. The van der Waals surface area contributed by atoms with Crippen LogP contribution in [0.25, 0.3) is 11.1 Å². The molecule has 2 rings (SSSR count). The van der Waals surface area contributed by atoms with Crippen LogP contribution in [-0.2, 0) is 4.79 Å². The monoisotopic (exact) mass is 298 g/mol. The van der Waals surface area contributed by atoms with E-state index in [9.17, 15) is 9.90 Å². The lowest BCUT2D eigenvalue weighted by atomic mass is 10.1. The molecular weight excluding hydrogens is 280 g/mol. The lowest BCUT2D eigenvalue weighted by molar-refractivity contribution is -0.132. The van der Waals surface area contributed by atoms with Crippen molar-refractivity contribution in [3.63, 3.8) is 0 Å². The van der Waals surface area contributed by atoms with Gasteiger partial charge in [-0.05, 0) is 35.4 Å². The first-order valence-electron chi connectivity index (χ1n) is 6.88. The maximum Gasteiger partial charge on any atom is 0.332 e. The predicted octanol–water partition coefficient (Wildman–Crippen LogP) is 5.21. The smallest absolute Gasteiger partial charge is 0.332 e. The highest BCUT2D eigenvalue weighted by Crippen LogP contribution is 2.37. The number of rotatable bonds is 5. The van der Waals surface area contributed by atoms with E-state index >= 15 is 0 Å². The van der Waals surface area contributed by atoms with Crippen molar-refractivity contribution < 1.29 is 9.90 Å². The standard InChI is InChI=1S/C18H18O2S/c1-3-16(13(2)18(19)20)21-17-12-8-7-11-15(17)14-9-5-4-6-10-14/h4-12H,3H2,1-2H3,(H,19,20)/b16-13+. The van der Waals surface area contributed by atoms with Gasteiger partial charge in [0, 0.05) is 10.5 Å². The summed E-state index contributed by atoms with van der Waals surface area (Å²) in [6.45, 7) is 3.65. The zero-order valence-corrected chi connectivity index (χ0v) is 13.0. The van der Waals surface area contributed by atoms with Crippen LogP contribution in [0.2, 0.25) is 0 Å². The Morgan fingerprint density at radius 2 is 1.67 bits per heavy atom. The second-order valence-corrected chi connectivity index (χ2v) is 5.81. The second-order valence-electron chi connectivity index (χ2n) is 4.67. The number of aliphatic carboxylic acids is 1. The van der Waals surface area contributed by atoms with Gasteiger partial charge in [0.2, 0.25) is 0 Å². The Morgan fingerprint density at radius 1 is 1.05 bits per heavy atom. The number of thioether (sulfide) groups is 1. The Hall–Kier alpha value is -2.00. The Balaban J connectivity index is 2.42. The van der Waals surface area contributed by atoms with Gasteiger partial charge in [-0.3, -0.25) is 0 Å². The van der Waals surface area contributed by atoms with Gasteiger partial charge in [-0.25, -0.2) is 4.79 Å². The van der Waals surface area contributed by atoms with Crippen LogP contribution >= 0.6 is 11.8 Å². The van der Waals surface area contributed by atoms with Gasteiger partial charge in [-0.2, -0.15) is 0 Å². The number of hydrogen-bond donors (Lipinski definition) is 1. The minimum Gasteiger partial charge on any atom is -0.478 e. The second kappa shape index (κ2) is 7.14. The van der Waals surface area contributed by atoms with Crippen molar-refractivity contribution >= 4 is 17.7 Å². The first-order valence-corrected chi connectivity index (χ1v) is 7.70. The molecule has 0 aliphatic rings. The topological polar surface area (TPSA) is 37.3 Å². The molecule has 108 valence electrons. The molecule has 21 heavy (non-hydrogen) atoms. The van der Waals surface area contributed by atoms with Crippen molar-refractivity contribution in [3.8, 4) is 11.1 Å². The Morgan fingerprint density at radius 3 is 2.29 bits per heavy atom. The molecule has 0 atom stereocenters. The van der Waals surface area contributed by atoms with Crippen LogP contribution < -0.4 is 0 Å². The van der Waals surface area contributed by atoms with Crippen molar-refractivity contribution in [1.82, 2.24) is 0 Å². The number of carboxylic acids is 1. The third-order valence-corrected chi connectivity index (χ3v) is 4.68. The molecule has 0 heterocycles. The van der Waals surface area contributed by atoms with Crippen LogP contribution in [-0.4, -0.2) is 11.1 Å². The fourth-order valence-electron chi connectivity index (χ4n) is 2.08. The van der Waals surface area contributed by atoms with Crippen LogP contribution in [0.1, 0.15) is 20.3 Å². The molecule has 0 aliphatic heterocycles. The molecule has 0 spiro atoms. The Labute approximate surface area is 129 Å². The fourth-order valence-corrected chi connectivity index (χ4v) is 3.17. The van der Waals surface area contributed by atoms with Crippen LogP contribution in [0.4, 0.5) is 0 Å². The average molecular weight is 298 g/mol. The van der Waals surface area contributed by atoms with Gasteiger partial charge in [-0.1, -0.05) is 67.2 Å². The lowest BCUT2D eigenvalue weighted by Gasteiger charge is -2.12. The molecule has 2 nitrogen and oxygen atoms in total. The molecule has 0 saturated carbocycles. The van der Waals surface area contributed by atoms with E-state index in [2.05, 4.69) is 18.2 Å². The van der Waals surface area contributed by atoms with Crippen LogP contribution in [0, 0.1) is 0 Å². The van der Waals surface area contributed by atoms with E-state index in [1.165, 1.54) is 0 Å². The first kappa shape index (κ1) is 15.4.